The third kappa shape index (κ3) is 5.82. The highest BCUT2D eigenvalue weighted by Crippen LogP contribution is 2.11. The summed E-state index contributed by atoms with van der Waals surface area (Å²) in [6.07, 6.45) is 9.53. The van der Waals surface area contributed by atoms with Crippen LogP contribution in [0.25, 0.3) is 0 Å². The van der Waals surface area contributed by atoms with Gasteiger partial charge < -0.3 is 5.32 Å². The number of aromatic amines is 1. The maximum atomic E-state index is 4.16. The van der Waals surface area contributed by atoms with Gasteiger partial charge in [0.25, 0.3) is 0 Å². The van der Waals surface area contributed by atoms with E-state index in [4.69, 9.17) is 0 Å². The predicted molar refractivity (Wildman–Crippen MR) is 70.8 cm³/mol. The molecule has 1 aromatic rings. The van der Waals surface area contributed by atoms with E-state index in [-0.39, 0.29) is 6.04 Å². The van der Waals surface area contributed by atoms with Gasteiger partial charge in [-0.15, -0.1) is 0 Å². The molecule has 0 radical (unpaired) electrons. The van der Waals surface area contributed by atoms with Crippen molar-refractivity contribution in [1.29, 1.82) is 0 Å². The lowest BCUT2D eigenvalue weighted by atomic mass is 10.1. The van der Waals surface area contributed by atoms with Gasteiger partial charge in [0.1, 0.15) is 12.2 Å². The Morgan fingerprint density at radius 3 is 2.65 bits per heavy atom. The summed E-state index contributed by atoms with van der Waals surface area (Å²) in [5.74, 6) is 0.919. The first-order valence-electron chi connectivity index (χ1n) is 6.85. The van der Waals surface area contributed by atoms with Gasteiger partial charge in [-0.25, -0.2) is 4.98 Å². The van der Waals surface area contributed by atoms with E-state index in [1.54, 1.807) is 6.33 Å². The molecule has 0 spiro atoms. The Labute approximate surface area is 105 Å². The van der Waals surface area contributed by atoms with Crippen molar-refractivity contribution in [2.75, 3.05) is 0 Å². The Morgan fingerprint density at radius 1 is 1.24 bits per heavy atom. The lowest BCUT2D eigenvalue weighted by Crippen LogP contribution is -2.29. The molecule has 4 heteroatoms. The van der Waals surface area contributed by atoms with Crippen LogP contribution in [0.1, 0.15) is 71.2 Å². The summed E-state index contributed by atoms with van der Waals surface area (Å²) >= 11 is 0. The second kappa shape index (κ2) is 8.23. The third-order valence-corrected chi connectivity index (χ3v) is 3.12. The molecule has 2 atom stereocenters. The minimum atomic E-state index is 0.253. The van der Waals surface area contributed by atoms with E-state index in [1.165, 1.54) is 38.5 Å². The lowest BCUT2D eigenvalue weighted by molar-refractivity contribution is 0.427. The van der Waals surface area contributed by atoms with Crippen LogP contribution in [0.2, 0.25) is 0 Å². The molecule has 0 aliphatic rings. The van der Waals surface area contributed by atoms with Gasteiger partial charge in [-0.3, -0.25) is 5.10 Å². The van der Waals surface area contributed by atoms with Crippen molar-refractivity contribution < 1.29 is 0 Å². The number of nitrogens with zero attached hydrogens (tertiary/aromatic N) is 2. The van der Waals surface area contributed by atoms with E-state index in [1.807, 2.05) is 0 Å². The Morgan fingerprint density at radius 2 is 2.00 bits per heavy atom. The van der Waals surface area contributed by atoms with Gasteiger partial charge >= 0.3 is 0 Å². The summed E-state index contributed by atoms with van der Waals surface area (Å²) in [7, 11) is 0. The molecule has 0 saturated heterocycles. The number of hydrogen-bond donors (Lipinski definition) is 2. The van der Waals surface area contributed by atoms with Crippen molar-refractivity contribution in [1.82, 2.24) is 20.5 Å². The molecule has 0 aliphatic carbocycles. The standard InChI is InChI=1S/C13H26N4/c1-4-5-6-7-8-9-11(2)16-12(3)13-14-10-15-17-13/h10-12,16H,4-9H2,1-3H3,(H,14,15,17). The average Bonchev–Trinajstić information content (AvgIpc) is 2.82. The molecule has 0 saturated carbocycles. The highest BCUT2D eigenvalue weighted by molar-refractivity contribution is 4.89. The molecule has 1 heterocycles. The van der Waals surface area contributed by atoms with Crippen molar-refractivity contribution in [2.45, 2.75) is 71.4 Å². The molecule has 0 aliphatic heterocycles. The van der Waals surface area contributed by atoms with Gasteiger partial charge in [0, 0.05) is 6.04 Å². The Hall–Kier alpha value is -0.900. The molecule has 1 rings (SSSR count). The first kappa shape index (κ1) is 14.2. The van der Waals surface area contributed by atoms with Crippen molar-refractivity contribution >= 4 is 0 Å². The highest BCUT2D eigenvalue weighted by Gasteiger charge is 2.11. The van der Waals surface area contributed by atoms with Gasteiger partial charge in [0.2, 0.25) is 0 Å². The van der Waals surface area contributed by atoms with Crippen LogP contribution < -0.4 is 5.32 Å². The summed E-state index contributed by atoms with van der Waals surface area (Å²) in [4.78, 5) is 4.16. The fourth-order valence-electron chi connectivity index (χ4n) is 2.07. The number of aromatic nitrogens is 3. The molecule has 0 bridgehead atoms. The van der Waals surface area contributed by atoms with Crippen LogP contribution in [0.15, 0.2) is 6.33 Å². The number of hydrogen-bond acceptors (Lipinski definition) is 3. The largest absolute Gasteiger partial charge is 0.305 e. The molecule has 0 amide bonds. The van der Waals surface area contributed by atoms with Crippen LogP contribution in [-0.4, -0.2) is 21.2 Å². The summed E-state index contributed by atoms with van der Waals surface area (Å²) in [5.41, 5.74) is 0. The fraction of sp³-hybridized carbons (Fsp3) is 0.846. The second-order valence-electron chi connectivity index (χ2n) is 4.86. The highest BCUT2D eigenvalue weighted by atomic mass is 15.2. The summed E-state index contributed by atoms with van der Waals surface area (Å²) in [5, 5.41) is 10.3. The minimum absolute atomic E-state index is 0.253. The van der Waals surface area contributed by atoms with Crippen LogP contribution in [0.3, 0.4) is 0 Å². The van der Waals surface area contributed by atoms with Gasteiger partial charge in [0.05, 0.1) is 6.04 Å². The zero-order chi connectivity index (χ0) is 12.5. The van der Waals surface area contributed by atoms with Gasteiger partial charge in [-0.05, 0) is 20.3 Å². The molecule has 98 valence electrons. The van der Waals surface area contributed by atoms with E-state index in [0.29, 0.717) is 6.04 Å². The molecule has 0 fully saturated rings. The summed E-state index contributed by atoms with van der Waals surface area (Å²) in [6.45, 7) is 6.62. The summed E-state index contributed by atoms with van der Waals surface area (Å²) < 4.78 is 0. The van der Waals surface area contributed by atoms with E-state index in [0.717, 1.165) is 5.82 Å². The fourth-order valence-corrected chi connectivity index (χ4v) is 2.07. The Kier molecular flexibility index (Phi) is 6.86. The van der Waals surface area contributed by atoms with E-state index in [9.17, 15) is 0 Å². The zero-order valence-corrected chi connectivity index (χ0v) is 11.4. The zero-order valence-electron chi connectivity index (χ0n) is 11.4. The lowest BCUT2D eigenvalue weighted by Gasteiger charge is -2.18. The second-order valence-corrected chi connectivity index (χ2v) is 4.86. The number of H-pyrrole nitrogens is 1. The topological polar surface area (TPSA) is 53.6 Å². The third-order valence-electron chi connectivity index (χ3n) is 3.12. The first-order chi connectivity index (χ1) is 8.24. The molecule has 2 unspecified atom stereocenters. The molecular weight excluding hydrogens is 212 g/mol. The smallest absolute Gasteiger partial charge is 0.141 e. The monoisotopic (exact) mass is 238 g/mol. The number of nitrogens with one attached hydrogen (secondary N) is 2. The van der Waals surface area contributed by atoms with Crippen LogP contribution in [0.5, 0.6) is 0 Å². The van der Waals surface area contributed by atoms with E-state index >= 15 is 0 Å². The van der Waals surface area contributed by atoms with Gasteiger partial charge in [0.15, 0.2) is 0 Å². The maximum Gasteiger partial charge on any atom is 0.141 e. The quantitative estimate of drug-likeness (QED) is 0.650. The Balaban J connectivity index is 2.10. The number of unbranched alkanes of at least 4 members (excludes halogenated alkanes) is 4. The van der Waals surface area contributed by atoms with Crippen molar-refractivity contribution in [3.8, 4) is 0 Å². The van der Waals surface area contributed by atoms with E-state index < -0.39 is 0 Å². The molecule has 4 nitrogen and oxygen atoms in total. The summed E-state index contributed by atoms with van der Waals surface area (Å²) in [6, 6.07) is 0.792. The first-order valence-corrected chi connectivity index (χ1v) is 6.85. The molecular formula is C13H26N4. The Bertz CT molecular complexity index is 271. The maximum absolute atomic E-state index is 4.16. The van der Waals surface area contributed by atoms with Crippen LogP contribution in [0.4, 0.5) is 0 Å². The van der Waals surface area contributed by atoms with Crippen molar-refractivity contribution in [2.24, 2.45) is 0 Å². The molecule has 0 aromatic carbocycles. The van der Waals surface area contributed by atoms with Crippen molar-refractivity contribution in [3.63, 3.8) is 0 Å². The predicted octanol–water partition coefficient (Wildman–Crippen LogP) is 3.20. The van der Waals surface area contributed by atoms with Gasteiger partial charge in [-0.2, -0.15) is 5.10 Å². The molecule has 1 aromatic heterocycles. The normalized spacial score (nSPS) is 14.8. The van der Waals surface area contributed by atoms with Crippen molar-refractivity contribution in [3.05, 3.63) is 12.2 Å². The van der Waals surface area contributed by atoms with Gasteiger partial charge in [-0.1, -0.05) is 39.0 Å². The molecule has 17 heavy (non-hydrogen) atoms. The van der Waals surface area contributed by atoms with Crippen LogP contribution in [-0.2, 0) is 0 Å². The SMILES string of the molecule is CCCCCCCC(C)NC(C)c1ncn[nH]1. The van der Waals surface area contributed by atoms with Crippen LogP contribution >= 0.6 is 0 Å². The van der Waals surface area contributed by atoms with E-state index in [2.05, 4.69) is 41.3 Å². The number of rotatable bonds is 9. The average molecular weight is 238 g/mol. The minimum Gasteiger partial charge on any atom is -0.305 e. The molecule has 2 N–H and O–H groups in total. The van der Waals surface area contributed by atoms with Crippen LogP contribution in [0, 0.1) is 0 Å².